The van der Waals surface area contributed by atoms with E-state index in [-0.39, 0.29) is 18.5 Å². The van der Waals surface area contributed by atoms with Crippen molar-refractivity contribution in [2.45, 2.75) is 32.5 Å². The van der Waals surface area contributed by atoms with E-state index in [0.29, 0.717) is 10.6 Å². The Morgan fingerprint density at radius 2 is 1.40 bits per heavy atom. The van der Waals surface area contributed by atoms with Gasteiger partial charge in [0.25, 0.3) is 0 Å². The second kappa shape index (κ2) is 11.3. The molecule has 0 amide bonds. The normalized spacial score (nSPS) is 13.8. The largest absolute Gasteiger partial charge is 0.462 e. The van der Waals surface area contributed by atoms with Crippen molar-refractivity contribution in [3.05, 3.63) is 85.0 Å². The Morgan fingerprint density at radius 3 is 1.87 bits per heavy atom. The second-order valence-corrected chi connectivity index (χ2v) is 9.69. The number of benzene rings is 2. The Labute approximate surface area is 177 Å². The maximum absolute atomic E-state index is 14.6. The smallest absolute Gasteiger partial charge is 0.303 e. The third-order valence-electron chi connectivity index (χ3n) is 4.35. The van der Waals surface area contributed by atoms with Crippen LogP contribution in [0.4, 0.5) is 0 Å². The predicted molar refractivity (Wildman–Crippen MR) is 120 cm³/mol. The molecular formula is C24H27O5P. The molecule has 5 nitrogen and oxygen atoms in total. The first-order valence-corrected chi connectivity index (χ1v) is 11.5. The van der Waals surface area contributed by atoms with Gasteiger partial charge in [0.15, 0.2) is 7.14 Å². The molecular weight excluding hydrogens is 399 g/mol. The Bertz CT molecular complexity index is 891. The molecule has 0 aliphatic rings. The fraction of sp³-hybridized carbons (Fsp3) is 0.250. The lowest BCUT2D eigenvalue weighted by molar-refractivity contribution is -0.143. The van der Waals surface area contributed by atoms with Gasteiger partial charge in [-0.15, -0.1) is 0 Å². The Balaban J connectivity index is 2.51. The summed E-state index contributed by atoms with van der Waals surface area (Å²) in [6.45, 7) is 4.51. The minimum absolute atomic E-state index is 0.0861. The highest BCUT2D eigenvalue weighted by Gasteiger charge is 2.33. The van der Waals surface area contributed by atoms with Crippen molar-refractivity contribution in [2.75, 3.05) is 6.61 Å². The second-order valence-electron chi connectivity index (χ2n) is 6.75. The summed E-state index contributed by atoms with van der Waals surface area (Å²) in [6.07, 6.45) is 6.51. The number of hydrogen-bond donors (Lipinski definition) is 0. The molecule has 0 fully saturated rings. The molecule has 6 heteroatoms. The number of rotatable bonds is 9. The average molecular weight is 426 g/mol. The van der Waals surface area contributed by atoms with Crippen molar-refractivity contribution < 1.29 is 23.6 Å². The fourth-order valence-corrected chi connectivity index (χ4v) is 5.95. The predicted octanol–water partition coefficient (Wildman–Crippen LogP) is 4.00. The van der Waals surface area contributed by atoms with E-state index in [0.717, 1.165) is 0 Å². The molecule has 2 atom stereocenters. The van der Waals surface area contributed by atoms with E-state index in [1.165, 1.54) is 13.8 Å². The van der Waals surface area contributed by atoms with Gasteiger partial charge in [0.2, 0.25) is 0 Å². The topological polar surface area (TPSA) is 69.7 Å². The molecule has 0 bridgehead atoms. The fourth-order valence-electron chi connectivity index (χ4n) is 3.03. The maximum Gasteiger partial charge on any atom is 0.303 e. The highest BCUT2D eigenvalue weighted by molar-refractivity contribution is 7.79. The Morgan fingerprint density at radius 1 is 0.867 bits per heavy atom. The molecule has 0 aliphatic heterocycles. The lowest BCUT2D eigenvalue weighted by Gasteiger charge is -2.25. The van der Waals surface area contributed by atoms with Crippen LogP contribution in [0.1, 0.15) is 20.8 Å². The first kappa shape index (κ1) is 23.4. The lowest BCUT2D eigenvalue weighted by Crippen LogP contribution is -2.24. The van der Waals surface area contributed by atoms with Crippen LogP contribution >= 0.6 is 7.14 Å². The summed E-state index contributed by atoms with van der Waals surface area (Å²) < 4.78 is 24.7. The van der Waals surface area contributed by atoms with Crippen LogP contribution in [-0.2, 0) is 23.6 Å². The van der Waals surface area contributed by atoms with Crippen molar-refractivity contribution in [3.63, 3.8) is 0 Å². The van der Waals surface area contributed by atoms with Crippen LogP contribution in [0.2, 0.25) is 0 Å². The highest BCUT2D eigenvalue weighted by Crippen LogP contribution is 2.49. The molecule has 30 heavy (non-hydrogen) atoms. The van der Waals surface area contributed by atoms with Crippen LogP contribution in [0, 0.1) is 0 Å². The number of carbonyl (C=O) groups is 2. The van der Waals surface area contributed by atoms with Crippen molar-refractivity contribution in [3.8, 4) is 0 Å². The van der Waals surface area contributed by atoms with Crippen LogP contribution in [0.5, 0.6) is 0 Å². The highest BCUT2D eigenvalue weighted by atomic mass is 31.2. The van der Waals surface area contributed by atoms with E-state index in [4.69, 9.17) is 9.47 Å². The van der Waals surface area contributed by atoms with Gasteiger partial charge in [-0.2, -0.15) is 0 Å². The van der Waals surface area contributed by atoms with E-state index >= 15 is 0 Å². The van der Waals surface area contributed by atoms with E-state index in [9.17, 15) is 14.2 Å². The minimum atomic E-state index is -3.14. The van der Waals surface area contributed by atoms with Crippen molar-refractivity contribution in [2.24, 2.45) is 0 Å². The summed E-state index contributed by atoms with van der Waals surface area (Å²) in [5.74, 6) is -0.770. The summed E-state index contributed by atoms with van der Waals surface area (Å²) in [5, 5.41) is 1.42. The average Bonchev–Trinajstić information content (AvgIpc) is 2.73. The van der Waals surface area contributed by atoms with Crippen molar-refractivity contribution in [1.82, 2.24) is 0 Å². The number of allylic oxidation sites excluding steroid dienone is 2. The Hall–Kier alpha value is -2.91. The molecule has 2 aromatic rings. The zero-order valence-corrected chi connectivity index (χ0v) is 18.3. The van der Waals surface area contributed by atoms with E-state index < -0.39 is 18.9 Å². The molecule has 2 rings (SSSR count). The molecule has 0 unspecified atom stereocenters. The van der Waals surface area contributed by atoms with Crippen LogP contribution < -0.4 is 10.6 Å². The first-order chi connectivity index (χ1) is 14.3. The zero-order valence-electron chi connectivity index (χ0n) is 17.4. The van der Waals surface area contributed by atoms with Gasteiger partial charge >= 0.3 is 11.9 Å². The molecule has 0 heterocycles. The van der Waals surface area contributed by atoms with Crippen LogP contribution in [-0.4, -0.2) is 30.3 Å². The SMILES string of the molecule is CC(=O)OC/C=C/[C@@H](/C=C/[C@@H](C)OC(C)=O)P(=O)(c1ccccc1)c1ccccc1. The van der Waals surface area contributed by atoms with Gasteiger partial charge in [0.05, 0.1) is 5.66 Å². The van der Waals surface area contributed by atoms with Gasteiger partial charge in [-0.25, -0.2) is 0 Å². The van der Waals surface area contributed by atoms with E-state index in [2.05, 4.69) is 0 Å². The number of esters is 2. The van der Waals surface area contributed by atoms with Crippen LogP contribution in [0.25, 0.3) is 0 Å². The van der Waals surface area contributed by atoms with Crippen LogP contribution in [0.3, 0.4) is 0 Å². The molecule has 0 radical (unpaired) electrons. The van der Waals surface area contributed by atoms with Gasteiger partial charge in [0.1, 0.15) is 12.7 Å². The maximum atomic E-state index is 14.6. The van der Waals surface area contributed by atoms with E-state index in [1.807, 2.05) is 60.7 Å². The van der Waals surface area contributed by atoms with Gasteiger partial charge in [-0.05, 0) is 13.0 Å². The van der Waals surface area contributed by atoms with Gasteiger partial charge in [0, 0.05) is 24.5 Å². The van der Waals surface area contributed by atoms with Crippen LogP contribution in [0.15, 0.2) is 85.0 Å². The van der Waals surface area contributed by atoms with Gasteiger partial charge < -0.3 is 14.0 Å². The molecule has 0 saturated heterocycles. The number of hydrogen-bond acceptors (Lipinski definition) is 5. The molecule has 158 valence electrons. The summed E-state index contributed by atoms with van der Waals surface area (Å²) in [5.41, 5.74) is -0.518. The first-order valence-electron chi connectivity index (χ1n) is 9.70. The Kier molecular flexibility index (Phi) is 8.82. The third kappa shape index (κ3) is 6.57. The molecule has 0 spiro atoms. The van der Waals surface area contributed by atoms with E-state index in [1.54, 1.807) is 31.2 Å². The molecule has 0 saturated carbocycles. The van der Waals surface area contributed by atoms with Crippen molar-refractivity contribution >= 4 is 29.7 Å². The summed E-state index contributed by atoms with van der Waals surface area (Å²) >= 11 is 0. The third-order valence-corrected chi connectivity index (χ3v) is 7.66. The zero-order chi connectivity index (χ0) is 22.0. The van der Waals surface area contributed by atoms with Gasteiger partial charge in [-0.3, -0.25) is 9.59 Å². The molecule has 2 aromatic carbocycles. The summed E-state index contributed by atoms with van der Waals surface area (Å²) in [6, 6.07) is 18.6. The lowest BCUT2D eigenvalue weighted by atomic mass is 10.3. The van der Waals surface area contributed by atoms with Gasteiger partial charge in [-0.1, -0.05) is 78.9 Å². The van der Waals surface area contributed by atoms with Crippen molar-refractivity contribution in [1.29, 1.82) is 0 Å². The molecule has 0 N–H and O–H groups in total. The quantitative estimate of drug-likeness (QED) is 0.344. The summed E-state index contributed by atoms with van der Waals surface area (Å²) in [7, 11) is -3.14. The molecule has 0 aromatic heterocycles. The standard InChI is InChI=1S/C24H27O5P/c1-19(29-21(3)26)16-17-24(15-10-18-28-20(2)25)30(27,22-11-6-4-7-12-22)23-13-8-5-9-14-23/h4-17,19,24H,18H2,1-3H3/b15-10+,17-16+/t19-,24+/m1/s1. The minimum Gasteiger partial charge on any atom is -0.462 e. The monoisotopic (exact) mass is 426 g/mol. The molecule has 0 aliphatic carbocycles. The number of carbonyl (C=O) groups excluding carboxylic acids is 2. The number of ether oxygens (including phenoxy) is 2. The summed E-state index contributed by atoms with van der Waals surface area (Å²) in [4.78, 5) is 22.3.